The lowest BCUT2D eigenvalue weighted by molar-refractivity contribution is -0.139. The summed E-state index contributed by atoms with van der Waals surface area (Å²) in [5, 5.41) is 3.57. The van der Waals surface area contributed by atoms with Gasteiger partial charge in [-0.25, -0.2) is 8.42 Å². The fourth-order valence-electron chi connectivity index (χ4n) is 3.15. The molecule has 1 atom stereocenters. The summed E-state index contributed by atoms with van der Waals surface area (Å²) in [4.78, 5) is 27.6. The number of hydrogen-bond acceptors (Lipinski definition) is 4. The van der Waals surface area contributed by atoms with Crippen molar-refractivity contribution in [2.24, 2.45) is 5.92 Å². The maximum absolute atomic E-state index is 13.5. The molecule has 0 aromatic heterocycles. The van der Waals surface area contributed by atoms with Gasteiger partial charge in [-0.3, -0.25) is 13.9 Å². The Morgan fingerprint density at radius 3 is 2.20 bits per heavy atom. The Labute approximate surface area is 226 Å². The summed E-state index contributed by atoms with van der Waals surface area (Å²) in [6.45, 7) is 5.28. The summed E-state index contributed by atoms with van der Waals surface area (Å²) in [5.41, 5.74) is 0.671. The van der Waals surface area contributed by atoms with Gasteiger partial charge in [0.25, 0.3) is 0 Å². The number of amides is 2. The molecule has 2 aromatic carbocycles. The van der Waals surface area contributed by atoms with E-state index in [-0.39, 0.29) is 39.1 Å². The van der Waals surface area contributed by atoms with Gasteiger partial charge in [-0.1, -0.05) is 72.4 Å². The summed E-state index contributed by atoms with van der Waals surface area (Å²) in [5.74, 6) is -0.792. The normalized spacial score (nSPS) is 12.4. The molecule has 1 N–H and O–H groups in total. The molecular formula is C23H27Cl4N3O4S. The van der Waals surface area contributed by atoms with Crippen LogP contribution in [0.2, 0.25) is 20.1 Å². The van der Waals surface area contributed by atoms with Crippen molar-refractivity contribution in [2.45, 2.75) is 33.4 Å². The number of hydrogen-bond donors (Lipinski definition) is 1. The Kier molecular flexibility index (Phi) is 10.5. The monoisotopic (exact) mass is 581 g/mol. The van der Waals surface area contributed by atoms with Crippen LogP contribution in [-0.2, 0) is 26.2 Å². The van der Waals surface area contributed by atoms with Gasteiger partial charge in [0.15, 0.2) is 0 Å². The molecule has 2 rings (SSSR count). The van der Waals surface area contributed by atoms with Crippen LogP contribution >= 0.6 is 46.4 Å². The maximum Gasteiger partial charge on any atom is 0.244 e. The molecule has 35 heavy (non-hydrogen) atoms. The quantitative estimate of drug-likeness (QED) is 0.414. The van der Waals surface area contributed by atoms with Gasteiger partial charge in [0.05, 0.1) is 32.0 Å². The van der Waals surface area contributed by atoms with E-state index in [0.29, 0.717) is 17.1 Å². The molecule has 2 amide bonds. The molecule has 0 bridgehead atoms. The summed E-state index contributed by atoms with van der Waals surface area (Å²) >= 11 is 24.5. The molecule has 0 aliphatic carbocycles. The van der Waals surface area contributed by atoms with Gasteiger partial charge in [-0.15, -0.1) is 0 Å². The molecule has 12 heteroatoms. The van der Waals surface area contributed by atoms with Crippen LogP contribution in [0.5, 0.6) is 0 Å². The lowest BCUT2D eigenvalue weighted by atomic mass is 10.1. The molecule has 0 saturated carbocycles. The SMILES string of the molecule is CC(C)CNC(=O)[C@@H](C)N(Cc1ccc(Cl)c(Cl)c1)C(=O)CN(c1cccc(Cl)c1Cl)S(C)(=O)=O. The predicted octanol–water partition coefficient (Wildman–Crippen LogP) is 5.26. The average molecular weight is 583 g/mol. The first kappa shape index (κ1) is 29.5. The molecule has 0 fully saturated rings. The molecule has 0 spiro atoms. The van der Waals surface area contributed by atoms with Gasteiger partial charge in [-0.05, 0) is 42.7 Å². The van der Waals surface area contributed by atoms with Crippen molar-refractivity contribution in [2.75, 3.05) is 23.7 Å². The fraction of sp³-hybridized carbons (Fsp3) is 0.391. The molecule has 2 aromatic rings. The Morgan fingerprint density at radius 1 is 0.971 bits per heavy atom. The number of nitrogens with one attached hydrogen (secondary N) is 1. The van der Waals surface area contributed by atoms with Crippen LogP contribution in [0.25, 0.3) is 0 Å². The number of nitrogens with zero attached hydrogens (tertiary/aromatic N) is 2. The van der Waals surface area contributed by atoms with Crippen molar-refractivity contribution in [3.8, 4) is 0 Å². The maximum atomic E-state index is 13.5. The van der Waals surface area contributed by atoms with Gasteiger partial charge in [0, 0.05) is 13.1 Å². The van der Waals surface area contributed by atoms with Gasteiger partial charge in [-0.2, -0.15) is 0 Å². The van der Waals surface area contributed by atoms with Crippen molar-refractivity contribution in [1.29, 1.82) is 0 Å². The minimum absolute atomic E-state index is 0.00708. The number of halogens is 4. The van der Waals surface area contributed by atoms with Crippen molar-refractivity contribution in [1.82, 2.24) is 10.2 Å². The minimum atomic E-state index is -3.93. The van der Waals surface area contributed by atoms with Gasteiger partial charge in [0.2, 0.25) is 21.8 Å². The topological polar surface area (TPSA) is 86.8 Å². The van der Waals surface area contributed by atoms with E-state index in [2.05, 4.69) is 5.32 Å². The third-order valence-electron chi connectivity index (χ3n) is 5.07. The molecule has 0 unspecified atom stereocenters. The number of anilines is 1. The van der Waals surface area contributed by atoms with E-state index >= 15 is 0 Å². The zero-order valence-electron chi connectivity index (χ0n) is 19.7. The molecule has 0 heterocycles. The number of benzene rings is 2. The van der Waals surface area contributed by atoms with Crippen molar-refractivity contribution in [3.05, 3.63) is 62.1 Å². The second kappa shape index (κ2) is 12.5. The minimum Gasteiger partial charge on any atom is -0.354 e. The van der Waals surface area contributed by atoms with Gasteiger partial charge in [0.1, 0.15) is 12.6 Å². The second-order valence-electron chi connectivity index (χ2n) is 8.43. The van der Waals surface area contributed by atoms with Crippen LogP contribution < -0.4 is 9.62 Å². The van der Waals surface area contributed by atoms with E-state index in [0.717, 1.165) is 10.6 Å². The van der Waals surface area contributed by atoms with Crippen LogP contribution in [0.15, 0.2) is 36.4 Å². The Morgan fingerprint density at radius 2 is 1.63 bits per heavy atom. The van der Waals surface area contributed by atoms with E-state index in [1.165, 1.54) is 23.1 Å². The van der Waals surface area contributed by atoms with Crippen LogP contribution in [0.3, 0.4) is 0 Å². The Bertz CT molecular complexity index is 1190. The van der Waals surface area contributed by atoms with Crippen LogP contribution in [0.4, 0.5) is 5.69 Å². The third-order valence-corrected chi connectivity index (χ3v) is 7.74. The Hall–Kier alpha value is -1.71. The lowest BCUT2D eigenvalue weighted by Crippen LogP contribution is -2.51. The summed E-state index contributed by atoms with van der Waals surface area (Å²) in [7, 11) is -3.93. The molecule has 192 valence electrons. The molecule has 0 radical (unpaired) electrons. The summed E-state index contributed by atoms with van der Waals surface area (Å²) in [6, 6.07) is 8.42. The first-order valence-corrected chi connectivity index (χ1v) is 14.0. The van der Waals surface area contributed by atoms with Crippen LogP contribution in [0, 0.1) is 5.92 Å². The smallest absolute Gasteiger partial charge is 0.244 e. The average Bonchev–Trinajstić information content (AvgIpc) is 2.77. The number of carbonyl (C=O) groups is 2. The predicted molar refractivity (Wildman–Crippen MR) is 143 cm³/mol. The number of sulfonamides is 1. The molecule has 0 saturated heterocycles. The van der Waals surface area contributed by atoms with E-state index in [1.807, 2.05) is 13.8 Å². The van der Waals surface area contributed by atoms with Gasteiger partial charge >= 0.3 is 0 Å². The zero-order chi connectivity index (χ0) is 26.5. The molecular weight excluding hydrogens is 556 g/mol. The fourth-order valence-corrected chi connectivity index (χ4v) is 4.77. The second-order valence-corrected chi connectivity index (χ2v) is 11.9. The van der Waals surface area contributed by atoms with Crippen molar-refractivity contribution in [3.63, 3.8) is 0 Å². The van der Waals surface area contributed by atoms with Crippen LogP contribution in [-0.4, -0.2) is 50.5 Å². The van der Waals surface area contributed by atoms with Gasteiger partial charge < -0.3 is 10.2 Å². The van der Waals surface area contributed by atoms with Crippen molar-refractivity contribution >= 4 is 73.9 Å². The molecule has 0 aliphatic heterocycles. The highest BCUT2D eigenvalue weighted by Gasteiger charge is 2.31. The lowest BCUT2D eigenvalue weighted by Gasteiger charge is -2.32. The first-order chi connectivity index (χ1) is 16.2. The highest BCUT2D eigenvalue weighted by Crippen LogP contribution is 2.34. The van der Waals surface area contributed by atoms with E-state index < -0.39 is 28.5 Å². The highest BCUT2D eigenvalue weighted by atomic mass is 35.5. The standard InChI is InChI=1S/C23H27Cl4N3O4S/c1-14(2)11-28-23(32)15(3)29(12-16-8-9-17(24)19(26)10-16)21(31)13-30(35(4,33)34)20-7-5-6-18(25)22(20)27/h5-10,14-15H,11-13H2,1-4H3,(H,28,32)/t15-/m1/s1. The van der Waals surface area contributed by atoms with E-state index in [9.17, 15) is 18.0 Å². The van der Waals surface area contributed by atoms with Crippen LogP contribution in [0.1, 0.15) is 26.3 Å². The summed E-state index contributed by atoms with van der Waals surface area (Å²) in [6.07, 6.45) is 0.958. The number of carbonyl (C=O) groups excluding carboxylic acids is 2. The van der Waals surface area contributed by atoms with E-state index in [1.54, 1.807) is 25.1 Å². The molecule has 0 aliphatic rings. The van der Waals surface area contributed by atoms with E-state index in [4.69, 9.17) is 46.4 Å². The zero-order valence-corrected chi connectivity index (χ0v) is 23.5. The highest BCUT2D eigenvalue weighted by molar-refractivity contribution is 7.92. The van der Waals surface area contributed by atoms with Crippen molar-refractivity contribution < 1.29 is 18.0 Å². The largest absolute Gasteiger partial charge is 0.354 e. The third kappa shape index (κ3) is 8.15. The molecule has 7 nitrogen and oxygen atoms in total. The summed E-state index contributed by atoms with van der Waals surface area (Å²) < 4.78 is 26.1. The number of rotatable bonds is 10. The Balaban J connectivity index is 2.43. The first-order valence-electron chi connectivity index (χ1n) is 10.6.